The second kappa shape index (κ2) is 12.8. The average molecular weight is 651 g/mol. The summed E-state index contributed by atoms with van der Waals surface area (Å²) in [5.74, 6) is 0.606. The molecule has 246 valence electrons. The number of sulfonamides is 1. The highest BCUT2D eigenvalue weighted by Gasteiger charge is 2.33. The zero-order chi connectivity index (χ0) is 33.4. The predicted octanol–water partition coefficient (Wildman–Crippen LogP) is 3.84. The Hall–Kier alpha value is -4.36. The van der Waals surface area contributed by atoms with Gasteiger partial charge in [0.05, 0.1) is 30.3 Å². The van der Waals surface area contributed by atoms with E-state index in [0.29, 0.717) is 59.3 Å². The fourth-order valence-corrected chi connectivity index (χ4v) is 6.39. The quantitative estimate of drug-likeness (QED) is 0.376. The van der Waals surface area contributed by atoms with E-state index in [1.165, 1.54) is 7.11 Å². The number of aromatic nitrogens is 2. The largest absolute Gasteiger partial charge is 0.493 e. The molecule has 0 radical (unpaired) electrons. The molecule has 2 aromatic heterocycles. The van der Waals surface area contributed by atoms with Crippen molar-refractivity contribution in [3.63, 3.8) is 0 Å². The molecule has 13 heteroatoms. The molecular formula is C33H42N6O6S. The van der Waals surface area contributed by atoms with Gasteiger partial charge in [-0.3, -0.25) is 19.3 Å². The number of hydrogen-bond donors (Lipinski definition) is 2. The van der Waals surface area contributed by atoms with Crippen LogP contribution in [0.1, 0.15) is 48.2 Å². The maximum Gasteiger partial charge on any atom is 0.272 e. The molecule has 2 N–H and O–H groups in total. The van der Waals surface area contributed by atoms with Gasteiger partial charge in [-0.1, -0.05) is 39.0 Å². The second-order valence-corrected chi connectivity index (χ2v) is 14.7. The number of benzene rings is 1. The van der Waals surface area contributed by atoms with Crippen LogP contribution in [0.3, 0.4) is 0 Å². The Balaban J connectivity index is 1.43. The number of carbonyl (C=O) groups excluding carboxylic acids is 2. The van der Waals surface area contributed by atoms with Gasteiger partial charge in [0.1, 0.15) is 17.1 Å². The zero-order valence-corrected chi connectivity index (χ0v) is 28.2. The Morgan fingerprint density at radius 3 is 2.41 bits per heavy atom. The number of pyridine rings is 1. The van der Waals surface area contributed by atoms with E-state index in [-0.39, 0.29) is 23.0 Å². The number of para-hydroxylation sites is 1. The van der Waals surface area contributed by atoms with E-state index < -0.39 is 15.9 Å². The normalized spacial score (nSPS) is 17.9. The molecule has 1 fully saturated rings. The van der Waals surface area contributed by atoms with E-state index in [2.05, 4.69) is 40.7 Å². The number of carbonyl (C=O) groups is 2. The lowest BCUT2D eigenvalue weighted by Crippen LogP contribution is -2.47. The topological polar surface area (TPSA) is 135 Å². The van der Waals surface area contributed by atoms with Crippen LogP contribution in [0.25, 0.3) is 10.9 Å². The minimum absolute atomic E-state index is 0.0770. The number of rotatable bonds is 8. The summed E-state index contributed by atoms with van der Waals surface area (Å²) >= 11 is 0. The monoisotopic (exact) mass is 650 g/mol. The number of likely N-dealkylation sites (N-methyl/N-ethyl adjacent to an activating group) is 1. The summed E-state index contributed by atoms with van der Waals surface area (Å²) < 4.78 is 40.5. The summed E-state index contributed by atoms with van der Waals surface area (Å²) in [5.41, 5.74) is 1.91. The molecule has 1 aromatic carbocycles. The highest BCUT2D eigenvalue weighted by molar-refractivity contribution is 7.88. The van der Waals surface area contributed by atoms with Gasteiger partial charge in [-0.05, 0) is 43.0 Å². The van der Waals surface area contributed by atoms with Gasteiger partial charge < -0.3 is 29.2 Å². The molecule has 0 bridgehead atoms. The molecule has 1 saturated heterocycles. The number of aryl methyl sites for hydroxylation is 1. The standard InChI is InChI=1S/C33H42N6O6S/c1-33(2,3)22-18-24(30(44-6)25(19-22)36-46(7,42)43)35-31(40)27-17-21-9-8-10-28(29(21)38(27)5)45-23-11-12-34-26(20-23)32(41)39-15-13-37(4)14-16-39/h8-12,17-18,20,22,36H,13-16,19H2,1-7H3,(H,35,40). The number of nitrogens with zero attached hydrogens (tertiary/aromatic N) is 4. The first-order chi connectivity index (χ1) is 21.6. The van der Waals surface area contributed by atoms with Crippen LogP contribution in [0, 0.1) is 11.3 Å². The molecule has 2 aliphatic rings. The first-order valence-electron chi connectivity index (χ1n) is 15.1. The van der Waals surface area contributed by atoms with Gasteiger partial charge >= 0.3 is 0 Å². The third-order valence-electron chi connectivity index (χ3n) is 8.40. The van der Waals surface area contributed by atoms with E-state index in [4.69, 9.17) is 9.47 Å². The van der Waals surface area contributed by atoms with Gasteiger partial charge in [-0.25, -0.2) is 8.42 Å². The average Bonchev–Trinajstić information content (AvgIpc) is 3.33. The van der Waals surface area contributed by atoms with E-state index in [9.17, 15) is 18.0 Å². The maximum absolute atomic E-state index is 13.8. The molecule has 2 amide bonds. The summed E-state index contributed by atoms with van der Waals surface area (Å²) in [4.78, 5) is 35.2. The summed E-state index contributed by atoms with van der Waals surface area (Å²) in [6.07, 6.45) is 4.97. The summed E-state index contributed by atoms with van der Waals surface area (Å²) in [6.45, 7) is 9.07. The van der Waals surface area contributed by atoms with Crippen molar-refractivity contribution in [1.82, 2.24) is 29.4 Å². The highest BCUT2D eigenvalue weighted by atomic mass is 32.2. The zero-order valence-electron chi connectivity index (χ0n) is 27.4. The number of allylic oxidation sites excluding steroid dienone is 2. The number of piperazine rings is 1. The van der Waals surface area contributed by atoms with Crippen LogP contribution in [0.5, 0.6) is 11.5 Å². The Labute approximate surface area is 270 Å². The molecule has 12 nitrogen and oxygen atoms in total. The first-order valence-corrected chi connectivity index (χ1v) is 17.0. The third-order valence-corrected chi connectivity index (χ3v) is 9.02. The van der Waals surface area contributed by atoms with Crippen molar-refractivity contribution in [3.8, 4) is 11.5 Å². The molecule has 0 saturated carbocycles. The molecule has 3 heterocycles. The third kappa shape index (κ3) is 7.20. The number of ether oxygens (including phenoxy) is 2. The lowest BCUT2D eigenvalue weighted by molar-refractivity contribution is 0.0657. The molecule has 1 aliphatic heterocycles. The molecule has 1 unspecified atom stereocenters. The Morgan fingerprint density at radius 2 is 1.76 bits per heavy atom. The van der Waals surface area contributed by atoms with Crippen LogP contribution in [-0.2, 0) is 21.8 Å². The first kappa shape index (κ1) is 33.0. The lowest BCUT2D eigenvalue weighted by atomic mass is 9.75. The van der Waals surface area contributed by atoms with Gasteiger partial charge in [0.25, 0.3) is 11.8 Å². The lowest BCUT2D eigenvalue weighted by Gasteiger charge is -2.34. The predicted molar refractivity (Wildman–Crippen MR) is 176 cm³/mol. The van der Waals surface area contributed by atoms with Crippen LogP contribution in [-0.4, -0.2) is 86.2 Å². The van der Waals surface area contributed by atoms with Gasteiger partial charge in [0.15, 0.2) is 11.5 Å². The molecule has 5 rings (SSSR count). The molecule has 46 heavy (non-hydrogen) atoms. The van der Waals surface area contributed by atoms with Crippen LogP contribution in [0.2, 0.25) is 0 Å². The van der Waals surface area contributed by atoms with Crippen molar-refractivity contribution in [2.45, 2.75) is 27.2 Å². The van der Waals surface area contributed by atoms with Crippen molar-refractivity contribution in [2.24, 2.45) is 18.4 Å². The van der Waals surface area contributed by atoms with E-state index in [1.54, 1.807) is 47.0 Å². The van der Waals surface area contributed by atoms with Crippen LogP contribution >= 0.6 is 0 Å². The van der Waals surface area contributed by atoms with Crippen molar-refractivity contribution in [2.75, 3.05) is 46.6 Å². The smallest absolute Gasteiger partial charge is 0.272 e. The number of nitrogens with one attached hydrogen (secondary N) is 2. The Bertz CT molecular complexity index is 1830. The van der Waals surface area contributed by atoms with Crippen molar-refractivity contribution >= 4 is 32.7 Å². The van der Waals surface area contributed by atoms with Crippen molar-refractivity contribution in [1.29, 1.82) is 0 Å². The molecule has 1 aliphatic carbocycles. The van der Waals surface area contributed by atoms with Crippen molar-refractivity contribution < 1.29 is 27.5 Å². The Kier molecular flexibility index (Phi) is 9.19. The van der Waals surface area contributed by atoms with E-state index in [0.717, 1.165) is 24.7 Å². The second-order valence-electron chi connectivity index (χ2n) is 13.0. The van der Waals surface area contributed by atoms with Crippen molar-refractivity contribution in [3.05, 3.63) is 77.2 Å². The fraction of sp³-hybridized carbons (Fsp3) is 0.424. The number of fused-ring (bicyclic) bond motifs is 1. The number of hydrogen-bond acceptors (Lipinski definition) is 8. The van der Waals surface area contributed by atoms with Gasteiger partial charge in [0.2, 0.25) is 10.0 Å². The van der Waals surface area contributed by atoms with Crippen LogP contribution in [0.15, 0.2) is 65.8 Å². The maximum atomic E-state index is 13.8. The SMILES string of the molecule is COC1=C(NS(C)(=O)=O)CC(C(C)(C)C)C=C1NC(=O)c1cc2cccc(Oc3ccnc(C(=O)N4CCN(C)CC4)c3)c2n1C. The van der Waals surface area contributed by atoms with Crippen LogP contribution < -0.4 is 14.8 Å². The van der Waals surface area contributed by atoms with Gasteiger partial charge in [-0.2, -0.15) is 0 Å². The summed E-state index contributed by atoms with van der Waals surface area (Å²) in [6, 6.07) is 10.6. The van der Waals surface area contributed by atoms with Gasteiger partial charge in [-0.15, -0.1) is 0 Å². The minimum Gasteiger partial charge on any atom is -0.493 e. The molecule has 0 spiro atoms. The highest BCUT2D eigenvalue weighted by Crippen LogP contribution is 2.38. The minimum atomic E-state index is -3.58. The summed E-state index contributed by atoms with van der Waals surface area (Å²) in [7, 11) is 1.67. The van der Waals surface area contributed by atoms with E-state index >= 15 is 0 Å². The Morgan fingerprint density at radius 1 is 1.04 bits per heavy atom. The molecular weight excluding hydrogens is 608 g/mol. The van der Waals surface area contributed by atoms with E-state index in [1.807, 2.05) is 25.3 Å². The number of amides is 2. The molecule has 1 atom stereocenters. The molecule has 3 aromatic rings. The number of methoxy groups -OCH3 is 1. The van der Waals surface area contributed by atoms with Gasteiger partial charge in [0, 0.05) is 50.9 Å². The van der Waals surface area contributed by atoms with Crippen LogP contribution in [0.4, 0.5) is 0 Å². The summed E-state index contributed by atoms with van der Waals surface area (Å²) in [5, 5.41) is 3.75. The fourth-order valence-electron chi connectivity index (χ4n) is 5.77.